The van der Waals surface area contributed by atoms with E-state index in [9.17, 15) is 13.6 Å². The first-order chi connectivity index (χ1) is 16.5. The maximum Gasteiger partial charge on any atom is 0.251 e. The monoisotopic (exact) mass is 459 g/mol. The molecule has 4 rings (SSSR count). The quantitative estimate of drug-likeness (QED) is 0.437. The number of amides is 1. The Labute approximate surface area is 193 Å². The molecule has 10 heteroatoms. The minimum Gasteiger partial charge on any atom is -0.378 e. The van der Waals surface area contributed by atoms with E-state index in [4.69, 9.17) is 5.26 Å². The van der Waals surface area contributed by atoms with E-state index >= 15 is 0 Å². The van der Waals surface area contributed by atoms with Gasteiger partial charge >= 0.3 is 0 Å². The highest BCUT2D eigenvalue weighted by Crippen LogP contribution is 2.20. The van der Waals surface area contributed by atoms with Gasteiger partial charge < -0.3 is 15.2 Å². The second-order valence-electron chi connectivity index (χ2n) is 7.39. The summed E-state index contributed by atoms with van der Waals surface area (Å²) in [6.45, 7) is 0.235. The maximum atomic E-state index is 14.0. The first kappa shape index (κ1) is 22.5. The molecule has 0 atom stereocenters. The van der Waals surface area contributed by atoms with E-state index < -0.39 is 11.6 Å². The lowest BCUT2D eigenvalue weighted by Gasteiger charge is -2.10. The number of carbonyl (C=O) groups excluding carboxylic acids is 1. The van der Waals surface area contributed by atoms with Crippen molar-refractivity contribution in [3.05, 3.63) is 95.1 Å². The molecule has 0 saturated carbocycles. The summed E-state index contributed by atoms with van der Waals surface area (Å²) < 4.78 is 29.6. The van der Waals surface area contributed by atoms with Crippen LogP contribution in [0.2, 0.25) is 0 Å². The van der Waals surface area contributed by atoms with Crippen molar-refractivity contribution in [1.29, 1.82) is 5.26 Å². The molecule has 1 amide bonds. The molecule has 0 aliphatic rings. The molecule has 0 aliphatic heterocycles. The smallest absolute Gasteiger partial charge is 0.251 e. The Bertz CT molecular complexity index is 1390. The number of halogens is 2. The molecular formula is C24H19F2N7O. The van der Waals surface area contributed by atoms with Gasteiger partial charge in [0.1, 0.15) is 5.82 Å². The van der Waals surface area contributed by atoms with Gasteiger partial charge in [-0.1, -0.05) is 6.07 Å². The number of nitriles is 1. The van der Waals surface area contributed by atoms with Gasteiger partial charge in [0, 0.05) is 36.6 Å². The SMILES string of the molecule is Cn1c(CNc2cccc(C(=O)NCc3cc(C#N)ccc3F)c2)nnc1-c1ccncc1F. The first-order valence-electron chi connectivity index (χ1n) is 10.2. The van der Waals surface area contributed by atoms with Gasteiger partial charge in [-0.2, -0.15) is 5.26 Å². The van der Waals surface area contributed by atoms with Gasteiger partial charge in [-0.05, 0) is 42.5 Å². The van der Waals surface area contributed by atoms with E-state index in [1.807, 2.05) is 6.07 Å². The molecule has 0 saturated heterocycles. The molecule has 2 aromatic heterocycles. The standard InChI is InChI=1S/C24H19F2N7O/c1-33-22(31-32-23(33)19-7-8-28-13-21(19)26)14-29-18-4-2-3-16(10-18)24(34)30-12-17-9-15(11-27)5-6-20(17)25/h2-10,13,29H,12,14H2,1H3,(H,30,34). The van der Waals surface area contributed by atoms with Crippen molar-refractivity contribution in [2.45, 2.75) is 13.1 Å². The van der Waals surface area contributed by atoms with Crippen molar-refractivity contribution < 1.29 is 13.6 Å². The summed E-state index contributed by atoms with van der Waals surface area (Å²) in [6.07, 6.45) is 2.60. The Hall–Kier alpha value is -4.65. The summed E-state index contributed by atoms with van der Waals surface area (Å²) in [7, 11) is 1.73. The third-order valence-electron chi connectivity index (χ3n) is 5.17. The van der Waals surface area contributed by atoms with Crippen molar-refractivity contribution in [3.63, 3.8) is 0 Å². The number of pyridine rings is 1. The molecule has 4 aromatic rings. The fraction of sp³-hybridized carbons (Fsp3) is 0.125. The van der Waals surface area contributed by atoms with Crippen molar-refractivity contribution in [1.82, 2.24) is 25.1 Å². The molecule has 2 heterocycles. The number of nitrogens with zero attached hydrogens (tertiary/aromatic N) is 5. The van der Waals surface area contributed by atoms with Gasteiger partial charge in [0.2, 0.25) is 0 Å². The van der Waals surface area contributed by atoms with E-state index in [-0.39, 0.29) is 24.6 Å². The molecule has 2 aromatic carbocycles. The summed E-state index contributed by atoms with van der Waals surface area (Å²) >= 11 is 0. The van der Waals surface area contributed by atoms with Crippen LogP contribution >= 0.6 is 0 Å². The minimum atomic E-state index is -0.496. The normalized spacial score (nSPS) is 10.5. The second-order valence-corrected chi connectivity index (χ2v) is 7.39. The zero-order valence-electron chi connectivity index (χ0n) is 18.1. The van der Waals surface area contributed by atoms with Crippen molar-refractivity contribution in [2.75, 3.05) is 5.32 Å². The molecule has 2 N–H and O–H groups in total. The second kappa shape index (κ2) is 9.87. The van der Waals surface area contributed by atoms with Crippen molar-refractivity contribution in [3.8, 4) is 17.5 Å². The number of aromatic nitrogens is 4. The number of anilines is 1. The fourth-order valence-corrected chi connectivity index (χ4v) is 3.32. The van der Waals surface area contributed by atoms with Crippen LogP contribution in [0.15, 0.2) is 60.9 Å². The van der Waals surface area contributed by atoms with Gasteiger partial charge in [-0.15, -0.1) is 10.2 Å². The fourth-order valence-electron chi connectivity index (χ4n) is 3.32. The van der Waals surface area contributed by atoms with Crippen LogP contribution < -0.4 is 10.6 Å². The zero-order chi connectivity index (χ0) is 24.1. The Morgan fingerprint density at radius 2 is 1.94 bits per heavy atom. The maximum absolute atomic E-state index is 14.0. The third-order valence-corrected chi connectivity index (χ3v) is 5.17. The van der Waals surface area contributed by atoms with Gasteiger partial charge in [0.05, 0.1) is 29.9 Å². The largest absolute Gasteiger partial charge is 0.378 e. The number of nitrogens with one attached hydrogen (secondary N) is 2. The number of rotatable bonds is 7. The van der Waals surface area contributed by atoms with E-state index in [1.165, 1.54) is 30.5 Å². The molecular weight excluding hydrogens is 440 g/mol. The van der Waals surface area contributed by atoms with Gasteiger partial charge in [0.15, 0.2) is 17.5 Å². The lowest BCUT2D eigenvalue weighted by atomic mass is 10.1. The molecule has 0 spiro atoms. The molecule has 0 aliphatic carbocycles. The minimum absolute atomic E-state index is 0.0505. The molecule has 0 bridgehead atoms. The number of hydrogen-bond donors (Lipinski definition) is 2. The highest BCUT2D eigenvalue weighted by Gasteiger charge is 2.15. The summed E-state index contributed by atoms with van der Waals surface area (Å²) in [5.74, 6) is -0.439. The topological polar surface area (TPSA) is 109 Å². The van der Waals surface area contributed by atoms with Crippen LogP contribution in [0.5, 0.6) is 0 Å². The lowest BCUT2D eigenvalue weighted by Crippen LogP contribution is -2.23. The van der Waals surface area contributed by atoms with Gasteiger partial charge in [0.25, 0.3) is 5.91 Å². The van der Waals surface area contributed by atoms with Crippen LogP contribution in [-0.4, -0.2) is 25.7 Å². The first-order valence-corrected chi connectivity index (χ1v) is 10.2. The molecule has 0 radical (unpaired) electrons. The predicted molar refractivity (Wildman–Crippen MR) is 120 cm³/mol. The van der Waals surface area contributed by atoms with Gasteiger partial charge in [-0.25, -0.2) is 8.78 Å². The summed E-state index contributed by atoms with van der Waals surface area (Å²) in [6, 6.07) is 14.2. The average Bonchev–Trinajstić information content (AvgIpc) is 3.22. The van der Waals surface area contributed by atoms with Crippen LogP contribution in [0.4, 0.5) is 14.5 Å². The van der Waals surface area contributed by atoms with E-state index in [0.29, 0.717) is 34.0 Å². The molecule has 0 unspecified atom stereocenters. The van der Waals surface area contributed by atoms with Crippen LogP contribution in [0.1, 0.15) is 27.3 Å². The van der Waals surface area contributed by atoms with E-state index in [2.05, 4.69) is 25.8 Å². The average molecular weight is 459 g/mol. The highest BCUT2D eigenvalue weighted by molar-refractivity contribution is 5.95. The molecule has 0 fully saturated rings. The van der Waals surface area contributed by atoms with Crippen molar-refractivity contribution >= 4 is 11.6 Å². The Balaban J connectivity index is 1.41. The molecule has 170 valence electrons. The van der Waals surface area contributed by atoms with Crippen LogP contribution in [-0.2, 0) is 20.1 Å². The Kier molecular flexibility index (Phi) is 6.54. The third kappa shape index (κ3) is 4.88. The van der Waals surface area contributed by atoms with E-state index in [0.717, 1.165) is 6.20 Å². The van der Waals surface area contributed by atoms with Crippen LogP contribution in [0.25, 0.3) is 11.4 Å². The predicted octanol–water partition coefficient (Wildman–Crippen LogP) is 3.57. The van der Waals surface area contributed by atoms with Crippen LogP contribution in [0, 0.1) is 23.0 Å². The number of hydrogen-bond acceptors (Lipinski definition) is 6. The van der Waals surface area contributed by atoms with E-state index in [1.54, 1.807) is 35.9 Å². The number of benzene rings is 2. The summed E-state index contributed by atoms with van der Waals surface area (Å²) in [4.78, 5) is 16.3. The Morgan fingerprint density at radius 3 is 2.74 bits per heavy atom. The summed E-state index contributed by atoms with van der Waals surface area (Å²) in [5, 5.41) is 23.0. The highest BCUT2D eigenvalue weighted by atomic mass is 19.1. The van der Waals surface area contributed by atoms with Crippen molar-refractivity contribution in [2.24, 2.45) is 7.05 Å². The lowest BCUT2D eigenvalue weighted by molar-refractivity contribution is 0.0950. The zero-order valence-corrected chi connectivity index (χ0v) is 18.1. The number of carbonyl (C=O) groups is 1. The Morgan fingerprint density at radius 1 is 1.09 bits per heavy atom. The van der Waals surface area contributed by atoms with Crippen LogP contribution in [0.3, 0.4) is 0 Å². The molecule has 8 nitrogen and oxygen atoms in total. The van der Waals surface area contributed by atoms with Gasteiger partial charge in [-0.3, -0.25) is 9.78 Å². The molecule has 34 heavy (non-hydrogen) atoms. The summed E-state index contributed by atoms with van der Waals surface area (Å²) in [5.41, 5.74) is 1.87.